The van der Waals surface area contributed by atoms with Crippen LogP contribution in [0.2, 0.25) is 0 Å². The lowest BCUT2D eigenvalue weighted by Crippen LogP contribution is -2.47. The van der Waals surface area contributed by atoms with Crippen LogP contribution in [0.1, 0.15) is 25.7 Å². The fraction of sp³-hybridized carbons (Fsp3) is 0.632. The number of nitrogens with zero attached hydrogens (tertiary/aromatic N) is 3. The van der Waals surface area contributed by atoms with Gasteiger partial charge in [-0.15, -0.1) is 12.4 Å². The zero-order chi connectivity index (χ0) is 19.3. The molecule has 0 bridgehead atoms. The number of rotatable bonds is 6. The lowest BCUT2D eigenvalue weighted by molar-refractivity contribution is -0.133. The summed E-state index contributed by atoms with van der Waals surface area (Å²) in [5.41, 5.74) is -3.41. The van der Waals surface area contributed by atoms with E-state index in [1.165, 1.54) is 6.07 Å². The summed E-state index contributed by atoms with van der Waals surface area (Å²) in [5, 5.41) is 0. The van der Waals surface area contributed by atoms with Gasteiger partial charge in [0.05, 0.1) is 0 Å². The molecule has 3 rings (SSSR count). The number of carbonyl (C=O) groups is 1. The predicted octanol–water partition coefficient (Wildman–Crippen LogP) is 4.24. The number of piperazine rings is 1. The van der Waals surface area contributed by atoms with Gasteiger partial charge in [0, 0.05) is 56.3 Å². The third kappa shape index (κ3) is 7.04. The lowest BCUT2D eigenvalue weighted by Gasteiger charge is -2.36. The highest BCUT2D eigenvalue weighted by molar-refractivity contribution is 8.00. The van der Waals surface area contributed by atoms with E-state index >= 15 is 0 Å². The summed E-state index contributed by atoms with van der Waals surface area (Å²) in [6.07, 6.45) is 3.78. The van der Waals surface area contributed by atoms with E-state index in [0.717, 1.165) is 70.8 Å². The number of piperidine rings is 1. The van der Waals surface area contributed by atoms with Gasteiger partial charge in [-0.3, -0.25) is 9.69 Å². The summed E-state index contributed by atoms with van der Waals surface area (Å²) in [4.78, 5) is 18.5. The maximum atomic E-state index is 12.6. The zero-order valence-electron chi connectivity index (χ0n) is 15.8. The minimum absolute atomic E-state index is 0. The van der Waals surface area contributed by atoms with Crippen LogP contribution in [-0.2, 0) is 4.79 Å². The van der Waals surface area contributed by atoms with Crippen molar-refractivity contribution in [2.24, 2.45) is 0 Å². The first-order chi connectivity index (χ1) is 12.9. The Morgan fingerprint density at radius 3 is 2.43 bits per heavy atom. The van der Waals surface area contributed by atoms with Crippen LogP contribution in [0.15, 0.2) is 29.2 Å². The van der Waals surface area contributed by atoms with Gasteiger partial charge < -0.3 is 9.80 Å². The molecule has 2 aliphatic heterocycles. The van der Waals surface area contributed by atoms with Gasteiger partial charge in [-0.2, -0.15) is 13.2 Å². The van der Waals surface area contributed by atoms with Crippen molar-refractivity contribution < 1.29 is 18.0 Å². The maximum Gasteiger partial charge on any atom is 0.446 e. The third-order valence-electron chi connectivity index (χ3n) is 5.11. The van der Waals surface area contributed by atoms with Crippen molar-refractivity contribution in [2.45, 2.75) is 36.1 Å². The van der Waals surface area contributed by atoms with Crippen LogP contribution in [0, 0.1) is 0 Å². The van der Waals surface area contributed by atoms with E-state index < -0.39 is 5.51 Å². The summed E-state index contributed by atoms with van der Waals surface area (Å²) in [6.45, 7) is 6.08. The highest BCUT2D eigenvalue weighted by Crippen LogP contribution is 2.38. The zero-order valence-corrected chi connectivity index (χ0v) is 17.4. The average Bonchev–Trinajstić information content (AvgIpc) is 2.63. The molecule has 0 N–H and O–H groups in total. The minimum Gasteiger partial charge on any atom is -0.369 e. The molecule has 0 spiro atoms. The Labute approximate surface area is 174 Å². The van der Waals surface area contributed by atoms with Crippen LogP contribution in [0.5, 0.6) is 0 Å². The van der Waals surface area contributed by atoms with E-state index in [9.17, 15) is 18.0 Å². The number of amides is 1. The second-order valence-corrected chi connectivity index (χ2v) is 8.20. The molecular formula is C19H27ClF3N3OS. The number of hydrogen-bond donors (Lipinski definition) is 0. The first kappa shape index (κ1) is 23.2. The molecule has 2 saturated heterocycles. The Kier molecular flexibility index (Phi) is 8.77. The van der Waals surface area contributed by atoms with Crippen molar-refractivity contribution in [1.82, 2.24) is 9.80 Å². The van der Waals surface area contributed by atoms with E-state index in [1.54, 1.807) is 12.1 Å². The highest BCUT2D eigenvalue weighted by atomic mass is 35.5. The van der Waals surface area contributed by atoms with Crippen LogP contribution in [0.3, 0.4) is 0 Å². The van der Waals surface area contributed by atoms with Gasteiger partial charge in [0.2, 0.25) is 5.91 Å². The first-order valence-corrected chi connectivity index (χ1v) is 10.3. The van der Waals surface area contributed by atoms with E-state index in [0.29, 0.717) is 6.42 Å². The van der Waals surface area contributed by atoms with Gasteiger partial charge >= 0.3 is 5.51 Å². The molecule has 4 nitrogen and oxygen atoms in total. The number of hydrogen-bond acceptors (Lipinski definition) is 4. The van der Waals surface area contributed by atoms with Gasteiger partial charge in [-0.1, -0.05) is 6.07 Å². The largest absolute Gasteiger partial charge is 0.446 e. The molecule has 0 saturated carbocycles. The van der Waals surface area contributed by atoms with Crippen LogP contribution < -0.4 is 4.90 Å². The third-order valence-corrected chi connectivity index (χ3v) is 5.83. The van der Waals surface area contributed by atoms with Crippen molar-refractivity contribution in [3.63, 3.8) is 0 Å². The number of likely N-dealkylation sites (tertiary alicyclic amines) is 1. The van der Waals surface area contributed by atoms with E-state index in [2.05, 4.69) is 9.80 Å². The molecule has 0 radical (unpaired) electrons. The predicted molar refractivity (Wildman–Crippen MR) is 109 cm³/mol. The van der Waals surface area contributed by atoms with Crippen molar-refractivity contribution in [2.75, 3.05) is 50.7 Å². The molecule has 1 amide bonds. The Morgan fingerprint density at radius 2 is 1.75 bits per heavy atom. The average molecular weight is 438 g/mol. The molecular weight excluding hydrogens is 411 g/mol. The molecule has 9 heteroatoms. The number of anilines is 1. The molecule has 0 aliphatic carbocycles. The van der Waals surface area contributed by atoms with Gasteiger partial charge in [0.15, 0.2) is 0 Å². The summed E-state index contributed by atoms with van der Waals surface area (Å²) in [5.74, 6) is 0.280. The van der Waals surface area contributed by atoms with Crippen LogP contribution >= 0.6 is 24.2 Å². The number of alkyl halides is 3. The maximum absolute atomic E-state index is 12.6. The van der Waals surface area contributed by atoms with Gasteiger partial charge in [-0.25, -0.2) is 0 Å². The molecule has 1 aromatic carbocycles. The molecule has 0 aromatic heterocycles. The summed E-state index contributed by atoms with van der Waals surface area (Å²) < 4.78 is 37.7. The van der Waals surface area contributed by atoms with Crippen molar-refractivity contribution >= 4 is 35.8 Å². The van der Waals surface area contributed by atoms with Gasteiger partial charge in [0.1, 0.15) is 0 Å². The Balaban J connectivity index is 0.00000280. The van der Waals surface area contributed by atoms with E-state index in [4.69, 9.17) is 0 Å². The molecule has 2 fully saturated rings. The van der Waals surface area contributed by atoms with Gasteiger partial charge in [-0.05, 0) is 55.8 Å². The van der Waals surface area contributed by atoms with Crippen molar-refractivity contribution in [1.29, 1.82) is 0 Å². The summed E-state index contributed by atoms with van der Waals surface area (Å²) in [7, 11) is 0. The van der Waals surface area contributed by atoms with Crippen LogP contribution in [0.25, 0.3) is 0 Å². The molecule has 158 valence electrons. The molecule has 0 atom stereocenters. The van der Waals surface area contributed by atoms with Crippen molar-refractivity contribution in [3.05, 3.63) is 24.3 Å². The second-order valence-electron chi connectivity index (χ2n) is 7.07. The highest BCUT2D eigenvalue weighted by Gasteiger charge is 2.29. The van der Waals surface area contributed by atoms with E-state index in [-0.39, 0.29) is 35.0 Å². The topological polar surface area (TPSA) is 26.8 Å². The monoisotopic (exact) mass is 437 g/mol. The standard InChI is InChI=1S/C19H26F3N3OS.ClH/c20-19(21,22)27-17-6-3-5-16(15-17)24-13-11-23(12-14-24)8-4-10-25-9-2-1-7-18(25)26;/h3,5-6,15H,1-2,4,7-14H2;1H. The molecule has 28 heavy (non-hydrogen) atoms. The number of benzene rings is 1. The SMILES string of the molecule is Cl.O=C1CCCCN1CCCN1CCN(c2cccc(SC(F)(F)F)c2)CC1. The Hall–Kier alpha value is -1.12. The summed E-state index contributed by atoms with van der Waals surface area (Å²) in [6, 6.07) is 6.68. The summed E-state index contributed by atoms with van der Waals surface area (Å²) >= 11 is -0.0650. The lowest BCUT2D eigenvalue weighted by atomic mass is 10.1. The molecule has 1 aromatic rings. The fourth-order valence-electron chi connectivity index (χ4n) is 3.69. The second kappa shape index (κ2) is 10.6. The molecule has 0 unspecified atom stereocenters. The van der Waals surface area contributed by atoms with E-state index in [1.807, 2.05) is 11.0 Å². The first-order valence-electron chi connectivity index (χ1n) is 9.52. The quantitative estimate of drug-likeness (QED) is 0.622. The number of carbonyl (C=O) groups excluding carboxylic acids is 1. The normalized spacial score (nSPS) is 18.9. The Bertz CT molecular complexity index is 639. The number of halogens is 4. The van der Waals surface area contributed by atoms with Crippen LogP contribution in [-0.4, -0.2) is 67.0 Å². The van der Waals surface area contributed by atoms with Crippen molar-refractivity contribution in [3.8, 4) is 0 Å². The smallest absolute Gasteiger partial charge is 0.369 e. The Morgan fingerprint density at radius 1 is 1.00 bits per heavy atom. The van der Waals surface area contributed by atoms with Crippen LogP contribution in [0.4, 0.5) is 18.9 Å². The number of thioether (sulfide) groups is 1. The molecule has 2 aliphatic rings. The fourth-order valence-corrected chi connectivity index (χ4v) is 4.28. The molecule has 2 heterocycles. The minimum atomic E-state index is -4.26. The van der Waals surface area contributed by atoms with Gasteiger partial charge in [0.25, 0.3) is 0 Å².